The number of carbonyl (C=O) groups is 1. The van der Waals surface area contributed by atoms with Crippen molar-refractivity contribution in [1.82, 2.24) is 20.2 Å². The number of likely N-dealkylation sites (tertiary alicyclic amines) is 1. The zero-order chi connectivity index (χ0) is 22.5. The van der Waals surface area contributed by atoms with E-state index in [1.807, 2.05) is 11.4 Å². The molecule has 8 heteroatoms. The molecule has 1 saturated heterocycles. The lowest BCUT2D eigenvalue weighted by Gasteiger charge is -2.32. The average Bonchev–Trinajstić information content (AvgIpc) is 3.26. The molecular formula is C24H29N5OS2. The fourth-order valence-electron chi connectivity index (χ4n) is 3.81. The average molecular weight is 468 g/mol. The number of hydrogen-bond acceptors (Lipinski definition) is 7. The number of nitrogens with one attached hydrogen (secondary N) is 1. The largest absolute Gasteiger partial charge is 0.384 e. The number of aryl methyl sites for hydroxylation is 2. The number of piperidine rings is 1. The number of amides is 1. The van der Waals surface area contributed by atoms with Crippen molar-refractivity contribution < 1.29 is 4.79 Å². The van der Waals surface area contributed by atoms with Crippen molar-refractivity contribution in [1.29, 1.82) is 0 Å². The van der Waals surface area contributed by atoms with Crippen molar-refractivity contribution in [3.05, 3.63) is 58.6 Å². The molecule has 0 saturated carbocycles. The van der Waals surface area contributed by atoms with Crippen LogP contribution in [0.1, 0.15) is 29.5 Å². The number of aromatic nitrogens is 2. The molecule has 1 aliphatic heterocycles. The van der Waals surface area contributed by atoms with Gasteiger partial charge in [-0.15, -0.1) is 11.3 Å². The topological polar surface area (TPSA) is 84.1 Å². The number of anilines is 1. The third-order valence-electron chi connectivity index (χ3n) is 5.82. The summed E-state index contributed by atoms with van der Waals surface area (Å²) in [6.07, 6.45) is 3.71. The van der Waals surface area contributed by atoms with Gasteiger partial charge in [0.25, 0.3) is 0 Å². The first-order chi connectivity index (χ1) is 15.5. The quantitative estimate of drug-likeness (QED) is 0.505. The second-order valence-corrected chi connectivity index (χ2v) is 10.4. The van der Waals surface area contributed by atoms with Crippen molar-refractivity contribution in [2.24, 2.45) is 0 Å². The molecule has 3 N–H and O–H groups in total. The van der Waals surface area contributed by atoms with E-state index in [0.29, 0.717) is 11.6 Å². The standard InChI is InChI=1S/C24H29N5OS2/c1-16-3-4-18(11-17(16)2)13-29-9-7-20(8-10-29)27-23(30)15-32-24-28-21(14-31-24)19-5-6-22(25)26-12-19/h3-6,11-12,14,20H,7-10,13,15H2,1-2H3,(H2,25,26)(H,27,30). The molecule has 1 aromatic carbocycles. The van der Waals surface area contributed by atoms with Gasteiger partial charge in [0.15, 0.2) is 4.34 Å². The fourth-order valence-corrected chi connectivity index (χ4v) is 5.45. The molecule has 1 amide bonds. The van der Waals surface area contributed by atoms with Crippen LogP contribution in [-0.4, -0.2) is 45.7 Å². The van der Waals surface area contributed by atoms with E-state index in [1.54, 1.807) is 23.6 Å². The van der Waals surface area contributed by atoms with Crippen molar-refractivity contribution in [2.45, 2.75) is 43.6 Å². The summed E-state index contributed by atoms with van der Waals surface area (Å²) in [5, 5.41) is 5.19. The Morgan fingerprint density at radius 3 is 2.75 bits per heavy atom. The molecule has 0 radical (unpaired) electrons. The lowest BCUT2D eigenvalue weighted by Crippen LogP contribution is -2.44. The molecule has 1 fully saturated rings. The van der Waals surface area contributed by atoms with Crippen LogP contribution in [0.2, 0.25) is 0 Å². The lowest BCUT2D eigenvalue weighted by atomic mass is 10.0. The van der Waals surface area contributed by atoms with Crippen LogP contribution < -0.4 is 11.1 Å². The van der Waals surface area contributed by atoms with Gasteiger partial charge in [-0.1, -0.05) is 30.0 Å². The number of rotatable bonds is 7. The van der Waals surface area contributed by atoms with E-state index in [0.717, 1.165) is 48.1 Å². The zero-order valence-corrected chi connectivity index (χ0v) is 20.1. The van der Waals surface area contributed by atoms with Crippen LogP contribution in [0.5, 0.6) is 0 Å². The molecule has 0 unspecified atom stereocenters. The molecular weight excluding hydrogens is 438 g/mol. The van der Waals surface area contributed by atoms with Gasteiger partial charge in [-0.05, 0) is 55.5 Å². The molecule has 0 aliphatic carbocycles. The molecule has 2 aromatic heterocycles. The summed E-state index contributed by atoms with van der Waals surface area (Å²) in [5.41, 5.74) is 11.5. The molecule has 32 heavy (non-hydrogen) atoms. The van der Waals surface area contributed by atoms with E-state index in [2.05, 4.69) is 52.2 Å². The number of benzene rings is 1. The van der Waals surface area contributed by atoms with Crippen LogP contribution in [0, 0.1) is 13.8 Å². The predicted octanol–water partition coefficient (Wildman–Crippen LogP) is 4.28. The highest BCUT2D eigenvalue weighted by atomic mass is 32.2. The maximum atomic E-state index is 12.4. The molecule has 168 valence electrons. The number of carbonyl (C=O) groups excluding carboxylic acids is 1. The van der Waals surface area contributed by atoms with Gasteiger partial charge in [0.1, 0.15) is 5.82 Å². The van der Waals surface area contributed by atoms with Gasteiger partial charge in [0, 0.05) is 42.8 Å². The van der Waals surface area contributed by atoms with Crippen LogP contribution in [0.25, 0.3) is 11.3 Å². The number of nitrogen functional groups attached to an aromatic ring is 1. The summed E-state index contributed by atoms with van der Waals surface area (Å²) < 4.78 is 0.884. The van der Waals surface area contributed by atoms with Gasteiger partial charge in [0.05, 0.1) is 11.4 Å². The first kappa shape index (κ1) is 22.8. The first-order valence-corrected chi connectivity index (χ1v) is 12.7. The van der Waals surface area contributed by atoms with Gasteiger partial charge in [-0.25, -0.2) is 9.97 Å². The number of thiazole rings is 1. The van der Waals surface area contributed by atoms with E-state index < -0.39 is 0 Å². The molecule has 3 aromatic rings. The van der Waals surface area contributed by atoms with Gasteiger partial charge in [0.2, 0.25) is 5.91 Å². The molecule has 6 nitrogen and oxygen atoms in total. The molecule has 4 rings (SSSR count). The zero-order valence-electron chi connectivity index (χ0n) is 18.5. The first-order valence-electron chi connectivity index (χ1n) is 10.8. The van der Waals surface area contributed by atoms with E-state index in [1.165, 1.54) is 28.5 Å². The number of pyridine rings is 1. The monoisotopic (exact) mass is 467 g/mol. The second kappa shape index (κ2) is 10.5. The second-order valence-electron chi connectivity index (χ2n) is 8.30. The Hall–Kier alpha value is -2.42. The molecule has 3 heterocycles. The van der Waals surface area contributed by atoms with Crippen LogP contribution >= 0.6 is 23.1 Å². The molecule has 0 atom stereocenters. The number of nitrogens with zero attached hydrogens (tertiary/aromatic N) is 3. The third kappa shape index (κ3) is 6.09. The summed E-state index contributed by atoms with van der Waals surface area (Å²) in [4.78, 5) is 23.6. The maximum absolute atomic E-state index is 12.4. The van der Waals surface area contributed by atoms with Gasteiger partial charge in [-0.3, -0.25) is 9.69 Å². The predicted molar refractivity (Wildman–Crippen MR) is 133 cm³/mol. The van der Waals surface area contributed by atoms with Gasteiger partial charge in [-0.2, -0.15) is 0 Å². The minimum absolute atomic E-state index is 0.0773. The third-order valence-corrected chi connectivity index (χ3v) is 7.84. The summed E-state index contributed by atoms with van der Waals surface area (Å²) >= 11 is 3.03. The van der Waals surface area contributed by atoms with Crippen LogP contribution in [0.15, 0.2) is 46.2 Å². The highest BCUT2D eigenvalue weighted by molar-refractivity contribution is 8.01. The van der Waals surface area contributed by atoms with Crippen molar-refractivity contribution >= 4 is 34.8 Å². The van der Waals surface area contributed by atoms with E-state index in [4.69, 9.17) is 5.73 Å². The smallest absolute Gasteiger partial charge is 0.230 e. The highest BCUT2D eigenvalue weighted by Gasteiger charge is 2.21. The van der Waals surface area contributed by atoms with Crippen LogP contribution in [-0.2, 0) is 11.3 Å². The number of hydrogen-bond donors (Lipinski definition) is 2. The van der Waals surface area contributed by atoms with Crippen molar-refractivity contribution in [2.75, 3.05) is 24.6 Å². The van der Waals surface area contributed by atoms with E-state index in [9.17, 15) is 4.79 Å². The normalized spacial score (nSPS) is 15.1. The minimum Gasteiger partial charge on any atom is -0.384 e. The fraction of sp³-hybridized carbons (Fsp3) is 0.375. The van der Waals surface area contributed by atoms with Crippen LogP contribution in [0.4, 0.5) is 5.82 Å². The Balaban J connectivity index is 1.19. The number of nitrogens with two attached hydrogens (primary N) is 1. The van der Waals surface area contributed by atoms with Gasteiger partial charge < -0.3 is 11.1 Å². The summed E-state index contributed by atoms with van der Waals surface area (Å²) in [6, 6.07) is 10.6. The highest BCUT2D eigenvalue weighted by Crippen LogP contribution is 2.28. The minimum atomic E-state index is 0.0773. The van der Waals surface area contributed by atoms with Crippen molar-refractivity contribution in [3.8, 4) is 11.3 Å². The van der Waals surface area contributed by atoms with E-state index in [-0.39, 0.29) is 11.9 Å². The van der Waals surface area contributed by atoms with Crippen LogP contribution in [0.3, 0.4) is 0 Å². The summed E-state index contributed by atoms with van der Waals surface area (Å²) in [7, 11) is 0. The SMILES string of the molecule is Cc1ccc(CN2CCC(NC(=O)CSc3nc(-c4ccc(N)nc4)cs3)CC2)cc1C. The van der Waals surface area contributed by atoms with Crippen molar-refractivity contribution in [3.63, 3.8) is 0 Å². The Morgan fingerprint density at radius 1 is 1.22 bits per heavy atom. The van der Waals surface area contributed by atoms with E-state index >= 15 is 0 Å². The molecule has 0 bridgehead atoms. The molecule has 0 spiro atoms. The molecule has 1 aliphatic rings. The Kier molecular flexibility index (Phi) is 7.44. The van der Waals surface area contributed by atoms with Gasteiger partial charge >= 0.3 is 0 Å². The Morgan fingerprint density at radius 2 is 2.03 bits per heavy atom. The Bertz CT molecular complexity index is 1060. The maximum Gasteiger partial charge on any atom is 0.230 e. The Labute approximate surface area is 197 Å². The number of thioether (sulfide) groups is 1. The lowest BCUT2D eigenvalue weighted by molar-refractivity contribution is -0.119. The summed E-state index contributed by atoms with van der Waals surface area (Å²) in [5.74, 6) is 0.954. The summed E-state index contributed by atoms with van der Waals surface area (Å²) in [6.45, 7) is 7.32.